The fourth-order valence-electron chi connectivity index (χ4n) is 2.51. The van der Waals surface area contributed by atoms with Gasteiger partial charge < -0.3 is 10.4 Å². The normalized spacial score (nSPS) is 10.6. The van der Waals surface area contributed by atoms with Crippen molar-refractivity contribution in [1.82, 2.24) is 4.98 Å². The molecule has 2 N–H and O–H groups in total. The van der Waals surface area contributed by atoms with Crippen LogP contribution in [0, 0.1) is 13.8 Å². The number of pyridine rings is 1. The number of nitrogens with zero attached hydrogens (tertiary/aromatic N) is 1. The van der Waals surface area contributed by atoms with Crippen LogP contribution in [0.5, 0.6) is 0 Å². The molecule has 3 aromatic rings. The summed E-state index contributed by atoms with van der Waals surface area (Å²) in [4.78, 5) is 16.0. The first-order valence-corrected chi connectivity index (χ1v) is 7.02. The molecule has 0 bridgehead atoms. The van der Waals surface area contributed by atoms with E-state index in [2.05, 4.69) is 16.4 Å². The van der Waals surface area contributed by atoms with E-state index < -0.39 is 5.97 Å². The summed E-state index contributed by atoms with van der Waals surface area (Å²) in [6.45, 7) is 4.04. The Morgan fingerprint density at radius 1 is 1.09 bits per heavy atom. The van der Waals surface area contributed by atoms with Crippen LogP contribution in [0.25, 0.3) is 10.9 Å². The number of aryl methyl sites for hydroxylation is 2. The highest BCUT2D eigenvalue weighted by molar-refractivity contribution is 6.03. The molecule has 0 spiro atoms. The van der Waals surface area contributed by atoms with Gasteiger partial charge in [0.05, 0.1) is 11.1 Å². The number of rotatable bonds is 3. The molecule has 2 aromatic carbocycles. The van der Waals surface area contributed by atoms with E-state index in [4.69, 9.17) is 0 Å². The molecule has 1 aromatic heterocycles. The monoisotopic (exact) mass is 292 g/mol. The Morgan fingerprint density at radius 3 is 2.59 bits per heavy atom. The average Bonchev–Trinajstić information content (AvgIpc) is 2.49. The van der Waals surface area contributed by atoms with E-state index in [1.807, 2.05) is 44.2 Å². The van der Waals surface area contributed by atoms with Gasteiger partial charge in [-0.05, 0) is 37.6 Å². The minimum absolute atomic E-state index is 0.248. The Morgan fingerprint density at radius 2 is 1.86 bits per heavy atom. The van der Waals surface area contributed by atoms with Crippen LogP contribution in [0.15, 0.2) is 48.5 Å². The van der Waals surface area contributed by atoms with Crippen LogP contribution in [0.1, 0.15) is 21.5 Å². The quantitative estimate of drug-likeness (QED) is 0.755. The Balaban J connectivity index is 2.09. The number of nitrogens with one attached hydrogen (secondary N) is 1. The topological polar surface area (TPSA) is 62.2 Å². The third kappa shape index (κ3) is 2.63. The number of para-hydroxylation sites is 1. The highest BCUT2D eigenvalue weighted by Gasteiger charge is 2.12. The van der Waals surface area contributed by atoms with Crippen molar-refractivity contribution in [2.75, 3.05) is 5.32 Å². The maximum Gasteiger partial charge on any atom is 0.336 e. The molecule has 0 saturated carbocycles. The van der Waals surface area contributed by atoms with E-state index >= 15 is 0 Å². The maximum absolute atomic E-state index is 11.5. The molecule has 0 amide bonds. The number of fused-ring (bicyclic) bond motifs is 1. The summed E-state index contributed by atoms with van der Waals surface area (Å²) < 4.78 is 0. The molecule has 4 nitrogen and oxygen atoms in total. The summed E-state index contributed by atoms with van der Waals surface area (Å²) in [5, 5.41) is 13.3. The zero-order chi connectivity index (χ0) is 15.7. The first kappa shape index (κ1) is 14.1. The summed E-state index contributed by atoms with van der Waals surface area (Å²) in [6.07, 6.45) is 0. The molecule has 0 aliphatic carbocycles. The first-order chi connectivity index (χ1) is 10.5. The maximum atomic E-state index is 11.5. The lowest BCUT2D eigenvalue weighted by Gasteiger charge is -2.11. The number of benzene rings is 2. The number of carboxylic acids is 1. The Kier molecular flexibility index (Phi) is 3.51. The van der Waals surface area contributed by atoms with E-state index in [0.29, 0.717) is 16.7 Å². The van der Waals surface area contributed by atoms with Gasteiger partial charge in [0.15, 0.2) is 0 Å². The number of carbonyl (C=O) groups is 1. The molecule has 0 aliphatic rings. The van der Waals surface area contributed by atoms with Crippen LogP contribution in [-0.2, 0) is 0 Å². The Labute approximate surface area is 128 Å². The molecule has 0 radical (unpaired) electrons. The first-order valence-electron chi connectivity index (χ1n) is 7.02. The summed E-state index contributed by atoms with van der Waals surface area (Å²) in [7, 11) is 0. The van der Waals surface area contributed by atoms with E-state index in [1.165, 1.54) is 5.56 Å². The minimum Gasteiger partial charge on any atom is -0.478 e. The molecular weight excluding hydrogens is 276 g/mol. The summed E-state index contributed by atoms with van der Waals surface area (Å²) in [5.74, 6) is -0.426. The molecule has 3 rings (SSSR count). The van der Waals surface area contributed by atoms with Crippen LogP contribution in [0.4, 0.5) is 11.5 Å². The number of aromatic carboxylic acids is 1. The molecule has 1 heterocycles. The van der Waals surface area contributed by atoms with Crippen LogP contribution in [-0.4, -0.2) is 16.1 Å². The SMILES string of the molecule is Cc1ccc(Nc2cc(C(=O)O)c3ccccc3n2)c(C)c1. The lowest BCUT2D eigenvalue weighted by atomic mass is 10.1. The second-order valence-electron chi connectivity index (χ2n) is 5.32. The molecule has 0 aliphatic heterocycles. The predicted octanol–water partition coefficient (Wildman–Crippen LogP) is 4.29. The summed E-state index contributed by atoms with van der Waals surface area (Å²) >= 11 is 0. The van der Waals surface area contributed by atoms with Crippen LogP contribution in [0.3, 0.4) is 0 Å². The molecule has 4 heteroatoms. The van der Waals surface area contributed by atoms with Crippen molar-refractivity contribution in [3.8, 4) is 0 Å². The Bertz CT molecular complexity index is 872. The lowest BCUT2D eigenvalue weighted by molar-refractivity contribution is 0.0699. The largest absolute Gasteiger partial charge is 0.478 e. The number of carboxylic acid groups (broad SMARTS) is 1. The summed E-state index contributed by atoms with van der Waals surface area (Å²) in [5.41, 5.74) is 4.10. The van der Waals surface area contributed by atoms with Gasteiger partial charge in [-0.15, -0.1) is 0 Å². The standard InChI is InChI=1S/C18H16N2O2/c1-11-7-8-15(12(2)9-11)19-17-10-14(18(21)22)13-5-3-4-6-16(13)20-17/h3-10H,1-2H3,(H,19,20)(H,21,22). The third-order valence-electron chi connectivity index (χ3n) is 3.59. The third-order valence-corrected chi connectivity index (χ3v) is 3.59. The number of aromatic nitrogens is 1. The van der Waals surface area contributed by atoms with Crippen molar-refractivity contribution in [2.24, 2.45) is 0 Å². The smallest absolute Gasteiger partial charge is 0.336 e. The van der Waals surface area contributed by atoms with Crippen molar-refractivity contribution >= 4 is 28.4 Å². The van der Waals surface area contributed by atoms with Gasteiger partial charge in [0.25, 0.3) is 0 Å². The van der Waals surface area contributed by atoms with Crippen LogP contribution >= 0.6 is 0 Å². The van der Waals surface area contributed by atoms with Gasteiger partial charge in [-0.2, -0.15) is 0 Å². The van der Waals surface area contributed by atoms with Crippen molar-refractivity contribution < 1.29 is 9.90 Å². The second-order valence-corrected chi connectivity index (χ2v) is 5.32. The van der Waals surface area contributed by atoms with Gasteiger partial charge in [-0.3, -0.25) is 0 Å². The number of hydrogen-bond donors (Lipinski definition) is 2. The fourth-order valence-corrected chi connectivity index (χ4v) is 2.51. The van der Waals surface area contributed by atoms with E-state index in [0.717, 1.165) is 11.3 Å². The predicted molar refractivity (Wildman–Crippen MR) is 87.9 cm³/mol. The van der Waals surface area contributed by atoms with E-state index in [9.17, 15) is 9.90 Å². The molecule has 0 unspecified atom stereocenters. The number of anilines is 2. The molecule has 110 valence electrons. The fraction of sp³-hybridized carbons (Fsp3) is 0.111. The zero-order valence-electron chi connectivity index (χ0n) is 12.4. The second kappa shape index (κ2) is 5.48. The van der Waals surface area contributed by atoms with Crippen molar-refractivity contribution in [1.29, 1.82) is 0 Å². The van der Waals surface area contributed by atoms with E-state index in [1.54, 1.807) is 12.1 Å². The molecule has 0 saturated heterocycles. The molecule has 0 fully saturated rings. The van der Waals surface area contributed by atoms with Gasteiger partial charge in [-0.25, -0.2) is 9.78 Å². The highest BCUT2D eigenvalue weighted by atomic mass is 16.4. The highest BCUT2D eigenvalue weighted by Crippen LogP contribution is 2.25. The van der Waals surface area contributed by atoms with Crippen molar-refractivity contribution in [2.45, 2.75) is 13.8 Å². The number of hydrogen-bond acceptors (Lipinski definition) is 3. The molecule has 22 heavy (non-hydrogen) atoms. The Hall–Kier alpha value is -2.88. The van der Waals surface area contributed by atoms with Crippen molar-refractivity contribution in [3.63, 3.8) is 0 Å². The molecule has 0 atom stereocenters. The average molecular weight is 292 g/mol. The van der Waals surface area contributed by atoms with Crippen molar-refractivity contribution in [3.05, 3.63) is 65.2 Å². The molecular formula is C18H16N2O2. The van der Waals surface area contributed by atoms with Crippen LogP contribution < -0.4 is 5.32 Å². The lowest BCUT2D eigenvalue weighted by Crippen LogP contribution is -2.03. The van der Waals surface area contributed by atoms with Gasteiger partial charge >= 0.3 is 5.97 Å². The summed E-state index contributed by atoms with van der Waals surface area (Å²) in [6, 6.07) is 14.9. The van der Waals surface area contributed by atoms with Gasteiger partial charge in [0.1, 0.15) is 5.82 Å². The minimum atomic E-state index is -0.956. The van der Waals surface area contributed by atoms with Gasteiger partial charge in [-0.1, -0.05) is 35.9 Å². The zero-order valence-corrected chi connectivity index (χ0v) is 12.4. The van der Waals surface area contributed by atoms with E-state index in [-0.39, 0.29) is 5.56 Å². The van der Waals surface area contributed by atoms with Gasteiger partial charge in [0.2, 0.25) is 0 Å². The van der Waals surface area contributed by atoms with Crippen LogP contribution in [0.2, 0.25) is 0 Å². The van der Waals surface area contributed by atoms with Gasteiger partial charge in [0, 0.05) is 11.1 Å².